The zero-order valence-electron chi connectivity index (χ0n) is 13.9. The first-order chi connectivity index (χ1) is 12.9. The highest BCUT2D eigenvalue weighted by atomic mass is 16.4. The van der Waals surface area contributed by atoms with Crippen molar-refractivity contribution in [2.75, 3.05) is 0 Å². The Bertz CT molecular complexity index is 1170. The number of furan rings is 1. The first-order valence-corrected chi connectivity index (χ1v) is 8.48. The number of oxazole rings is 1. The topological polar surface area (TPSA) is 39.2 Å². The van der Waals surface area contributed by atoms with Gasteiger partial charge in [0.2, 0.25) is 0 Å². The molecular weight excluding hydrogens is 322 g/mol. The molecule has 2 heterocycles. The van der Waals surface area contributed by atoms with Gasteiger partial charge in [-0.25, -0.2) is 4.98 Å². The Hall–Kier alpha value is -3.59. The third kappa shape index (κ3) is 2.33. The number of rotatable bonds is 3. The molecule has 0 bridgehead atoms. The number of fused-ring (bicyclic) bond motifs is 1. The minimum Gasteiger partial charge on any atom is -0.451 e. The van der Waals surface area contributed by atoms with Crippen LogP contribution >= 0.6 is 0 Å². The molecule has 0 N–H and O–H groups in total. The quantitative estimate of drug-likeness (QED) is 0.381. The molecule has 3 nitrogen and oxygen atoms in total. The lowest BCUT2D eigenvalue weighted by Gasteiger charge is -2.00. The van der Waals surface area contributed by atoms with Crippen molar-refractivity contribution in [2.45, 2.75) is 0 Å². The molecule has 0 saturated carbocycles. The van der Waals surface area contributed by atoms with Gasteiger partial charge in [-0.1, -0.05) is 84.9 Å². The zero-order valence-corrected chi connectivity index (χ0v) is 13.9. The van der Waals surface area contributed by atoms with E-state index in [1.165, 1.54) is 6.39 Å². The summed E-state index contributed by atoms with van der Waals surface area (Å²) >= 11 is 0. The summed E-state index contributed by atoms with van der Waals surface area (Å²) in [5.74, 6) is 2.19. The monoisotopic (exact) mass is 337 g/mol. The minimum atomic E-state index is 0.648. The average molecular weight is 337 g/mol. The molecule has 3 heteroatoms. The van der Waals surface area contributed by atoms with Crippen LogP contribution in [0.1, 0.15) is 0 Å². The van der Waals surface area contributed by atoms with Crippen LogP contribution in [0, 0.1) is 0 Å². The summed E-state index contributed by atoms with van der Waals surface area (Å²) in [6.07, 6.45) is 1.47. The first kappa shape index (κ1) is 14.7. The molecule has 124 valence electrons. The Morgan fingerprint density at radius 2 is 1.12 bits per heavy atom. The van der Waals surface area contributed by atoms with E-state index in [4.69, 9.17) is 8.83 Å². The van der Waals surface area contributed by atoms with E-state index in [9.17, 15) is 0 Å². The summed E-state index contributed by atoms with van der Waals surface area (Å²) in [6.45, 7) is 0. The van der Waals surface area contributed by atoms with E-state index in [2.05, 4.69) is 17.1 Å². The summed E-state index contributed by atoms with van der Waals surface area (Å²) in [7, 11) is 0. The summed E-state index contributed by atoms with van der Waals surface area (Å²) in [6, 6.07) is 28.3. The molecule has 0 unspecified atom stereocenters. The summed E-state index contributed by atoms with van der Waals surface area (Å²) < 4.78 is 12.1. The van der Waals surface area contributed by atoms with Crippen molar-refractivity contribution in [1.82, 2.24) is 4.98 Å². The maximum absolute atomic E-state index is 6.32. The van der Waals surface area contributed by atoms with Crippen molar-refractivity contribution in [3.05, 3.63) is 91.3 Å². The van der Waals surface area contributed by atoms with Gasteiger partial charge in [0.05, 0.1) is 0 Å². The molecule has 3 aromatic carbocycles. The largest absolute Gasteiger partial charge is 0.451 e. The van der Waals surface area contributed by atoms with Gasteiger partial charge in [0.25, 0.3) is 0 Å². The number of hydrogen-bond acceptors (Lipinski definition) is 3. The fraction of sp³-hybridized carbons (Fsp3) is 0. The van der Waals surface area contributed by atoms with Crippen molar-refractivity contribution in [3.63, 3.8) is 0 Å². The maximum Gasteiger partial charge on any atom is 0.198 e. The van der Waals surface area contributed by atoms with Gasteiger partial charge in [0, 0.05) is 21.9 Å². The van der Waals surface area contributed by atoms with Crippen LogP contribution in [-0.4, -0.2) is 4.98 Å². The Balaban J connectivity index is 1.76. The molecule has 0 radical (unpaired) electrons. The van der Waals surface area contributed by atoms with Gasteiger partial charge in [-0.15, -0.1) is 0 Å². The fourth-order valence-corrected chi connectivity index (χ4v) is 3.27. The molecule has 2 aromatic heterocycles. The van der Waals surface area contributed by atoms with Crippen molar-refractivity contribution in [3.8, 4) is 34.1 Å². The molecule has 0 spiro atoms. The van der Waals surface area contributed by atoms with E-state index in [1.807, 2.05) is 72.8 Å². The third-order valence-corrected chi connectivity index (χ3v) is 4.48. The number of hydrogen-bond donors (Lipinski definition) is 0. The Morgan fingerprint density at radius 3 is 1.81 bits per heavy atom. The molecular formula is C23H15NO2. The molecule has 0 amide bonds. The first-order valence-electron chi connectivity index (χ1n) is 8.48. The van der Waals surface area contributed by atoms with Crippen molar-refractivity contribution < 1.29 is 8.83 Å². The highest BCUT2D eigenvalue weighted by Crippen LogP contribution is 2.41. The van der Waals surface area contributed by atoms with E-state index < -0.39 is 0 Å². The SMILES string of the molecule is c1ccc(-c2ncoc2-c2oc(-c3ccccc3)c3ccccc23)cc1. The fourth-order valence-electron chi connectivity index (χ4n) is 3.27. The highest BCUT2D eigenvalue weighted by Gasteiger charge is 2.22. The predicted octanol–water partition coefficient (Wildman–Crippen LogP) is 6.42. The van der Waals surface area contributed by atoms with Gasteiger partial charge in [0.1, 0.15) is 11.5 Å². The van der Waals surface area contributed by atoms with E-state index in [0.29, 0.717) is 11.5 Å². The normalized spacial score (nSPS) is 11.1. The number of aromatic nitrogens is 1. The van der Waals surface area contributed by atoms with E-state index in [1.54, 1.807) is 0 Å². The second-order valence-corrected chi connectivity index (χ2v) is 6.07. The molecule has 0 fully saturated rings. The Morgan fingerprint density at radius 1 is 0.538 bits per heavy atom. The second-order valence-electron chi connectivity index (χ2n) is 6.07. The minimum absolute atomic E-state index is 0.648. The van der Waals surface area contributed by atoms with Crippen LogP contribution in [0.15, 0.2) is 100 Å². The molecule has 5 aromatic rings. The van der Waals surface area contributed by atoms with Gasteiger partial charge in [-0.3, -0.25) is 0 Å². The number of nitrogens with zero attached hydrogens (tertiary/aromatic N) is 1. The molecule has 0 aliphatic carbocycles. The summed E-state index contributed by atoms with van der Waals surface area (Å²) in [4.78, 5) is 4.42. The molecule has 0 atom stereocenters. The van der Waals surface area contributed by atoms with Crippen LogP contribution in [0.4, 0.5) is 0 Å². The van der Waals surface area contributed by atoms with Crippen LogP contribution < -0.4 is 0 Å². The van der Waals surface area contributed by atoms with E-state index in [0.717, 1.165) is 33.4 Å². The van der Waals surface area contributed by atoms with Crippen LogP contribution in [0.3, 0.4) is 0 Å². The lowest BCUT2D eigenvalue weighted by atomic mass is 10.0. The van der Waals surface area contributed by atoms with E-state index >= 15 is 0 Å². The van der Waals surface area contributed by atoms with E-state index in [-0.39, 0.29) is 0 Å². The van der Waals surface area contributed by atoms with Gasteiger partial charge in [-0.05, 0) is 0 Å². The van der Waals surface area contributed by atoms with Crippen molar-refractivity contribution >= 4 is 10.8 Å². The molecule has 0 aliphatic rings. The Labute approximate surface area is 150 Å². The third-order valence-electron chi connectivity index (χ3n) is 4.48. The Kier molecular flexibility index (Phi) is 3.42. The number of benzene rings is 3. The van der Waals surface area contributed by atoms with Gasteiger partial charge >= 0.3 is 0 Å². The van der Waals surface area contributed by atoms with Crippen LogP contribution in [-0.2, 0) is 0 Å². The predicted molar refractivity (Wildman–Crippen MR) is 103 cm³/mol. The summed E-state index contributed by atoms with van der Waals surface area (Å²) in [5, 5.41) is 2.07. The summed E-state index contributed by atoms with van der Waals surface area (Å²) in [5.41, 5.74) is 2.82. The standard InChI is InChI=1S/C23H15NO2/c1-3-9-16(10-4-1)20-23(25-15-24-20)22-19-14-8-7-13-18(19)21(26-22)17-11-5-2-6-12-17/h1-15H. The smallest absolute Gasteiger partial charge is 0.198 e. The highest BCUT2D eigenvalue weighted by molar-refractivity contribution is 6.03. The van der Waals surface area contributed by atoms with Crippen LogP contribution in [0.5, 0.6) is 0 Å². The molecule has 0 aliphatic heterocycles. The van der Waals surface area contributed by atoms with Crippen molar-refractivity contribution in [1.29, 1.82) is 0 Å². The molecule has 5 rings (SSSR count). The van der Waals surface area contributed by atoms with Gasteiger partial charge in [-0.2, -0.15) is 0 Å². The van der Waals surface area contributed by atoms with Crippen molar-refractivity contribution in [2.24, 2.45) is 0 Å². The van der Waals surface area contributed by atoms with Crippen LogP contribution in [0.2, 0.25) is 0 Å². The second kappa shape index (κ2) is 6.05. The van der Waals surface area contributed by atoms with Gasteiger partial charge < -0.3 is 8.83 Å². The zero-order chi connectivity index (χ0) is 17.3. The lowest BCUT2D eigenvalue weighted by molar-refractivity contribution is 0.529. The molecule has 26 heavy (non-hydrogen) atoms. The van der Waals surface area contributed by atoms with Crippen LogP contribution in [0.25, 0.3) is 44.9 Å². The molecule has 0 saturated heterocycles. The van der Waals surface area contributed by atoms with Gasteiger partial charge in [0.15, 0.2) is 17.9 Å². The lowest BCUT2D eigenvalue weighted by Crippen LogP contribution is -1.81. The average Bonchev–Trinajstić information content (AvgIpc) is 3.34. The maximum atomic E-state index is 6.32.